The molecule has 29 heavy (non-hydrogen) atoms. The summed E-state index contributed by atoms with van der Waals surface area (Å²) < 4.78 is 50.8. The predicted molar refractivity (Wildman–Crippen MR) is 112 cm³/mol. The summed E-state index contributed by atoms with van der Waals surface area (Å²) in [4.78, 5) is 12.6. The number of hydrogen-bond acceptors (Lipinski definition) is 5. The van der Waals surface area contributed by atoms with E-state index < -0.39 is 26.0 Å². The Bertz CT molecular complexity index is 1140. The first-order chi connectivity index (χ1) is 13.5. The zero-order valence-electron chi connectivity index (χ0n) is 16.4. The molecule has 0 aliphatic carbocycles. The van der Waals surface area contributed by atoms with E-state index in [2.05, 4.69) is 5.32 Å². The third-order valence-corrected chi connectivity index (χ3v) is 7.72. The molecule has 0 saturated carbocycles. The zero-order chi connectivity index (χ0) is 21.4. The van der Waals surface area contributed by atoms with Crippen molar-refractivity contribution in [2.45, 2.75) is 17.7 Å². The fourth-order valence-electron chi connectivity index (χ4n) is 3.16. The van der Waals surface area contributed by atoms with Crippen LogP contribution in [0.25, 0.3) is 0 Å². The van der Waals surface area contributed by atoms with E-state index in [9.17, 15) is 21.6 Å². The maximum atomic E-state index is 12.6. The number of nitrogens with zero attached hydrogens (tertiary/aromatic N) is 2. The van der Waals surface area contributed by atoms with E-state index in [1.807, 2.05) is 6.07 Å². The average molecular weight is 438 g/mol. The normalized spacial score (nSPS) is 14.6. The second-order valence-electron chi connectivity index (χ2n) is 7.05. The summed E-state index contributed by atoms with van der Waals surface area (Å²) in [6.45, 7) is 0.408. The fourth-order valence-corrected chi connectivity index (χ4v) is 5.05. The smallest absolute Gasteiger partial charge is 0.255 e. The minimum Gasteiger partial charge on any atom is -0.322 e. The molecular formula is C19H23N3O5S2. The van der Waals surface area contributed by atoms with E-state index in [1.165, 1.54) is 42.7 Å². The first kappa shape index (κ1) is 21.3. The highest BCUT2D eigenvalue weighted by atomic mass is 32.2. The van der Waals surface area contributed by atoms with Crippen LogP contribution in [0.5, 0.6) is 0 Å². The molecule has 0 bridgehead atoms. The quantitative estimate of drug-likeness (QED) is 0.769. The van der Waals surface area contributed by atoms with Gasteiger partial charge in [0.2, 0.25) is 20.0 Å². The van der Waals surface area contributed by atoms with Crippen molar-refractivity contribution >= 4 is 37.3 Å². The summed E-state index contributed by atoms with van der Waals surface area (Å²) in [5.74, 6) is -0.416. The second-order valence-corrected chi connectivity index (χ2v) is 11.1. The number of anilines is 2. The number of nitrogens with one attached hydrogen (secondary N) is 1. The van der Waals surface area contributed by atoms with Crippen LogP contribution in [0.2, 0.25) is 0 Å². The molecule has 0 spiro atoms. The zero-order valence-corrected chi connectivity index (χ0v) is 18.0. The molecular weight excluding hydrogens is 414 g/mol. The summed E-state index contributed by atoms with van der Waals surface area (Å²) in [5.41, 5.74) is 2.25. The predicted octanol–water partition coefficient (Wildman–Crippen LogP) is 1.90. The first-order valence-electron chi connectivity index (χ1n) is 8.95. The van der Waals surface area contributed by atoms with Crippen LogP contribution in [0.4, 0.5) is 11.4 Å². The van der Waals surface area contributed by atoms with Gasteiger partial charge in [0.1, 0.15) is 0 Å². The minimum absolute atomic E-state index is 0.0941. The fraction of sp³-hybridized carbons (Fsp3) is 0.316. The Hall–Kier alpha value is -2.43. The van der Waals surface area contributed by atoms with Crippen molar-refractivity contribution in [2.75, 3.05) is 36.5 Å². The van der Waals surface area contributed by atoms with Crippen LogP contribution in [0.15, 0.2) is 47.4 Å². The number of carbonyl (C=O) groups excluding carboxylic acids is 1. The number of fused-ring (bicyclic) bond motifs is 1. The van der Waals surface area contributed by atoms with Crippen LogP contribution in [0.1, 0.15) is 22.3 Å². The van der Waals surface area contributed by atoms with Crippen molar-refractivity contribution in [1.82, 2.24) is 4.31 Å². The largest absolute Gasteiger partial charge is 0.322 e. The van der Waals surface area contributed by atoms with E-state index in [4.69, 9.17) is 0 Å². The summed E-state index contributed by atoms with van der Waals surface area (Å²) in [6, 6.07) is 10.8. The molecule has 10 heteroatoms. The maximum absolute atomic E-state index is 12.6. The van der Waals surface area contributed by atoms with Gasteiger partial charge in [0.05, 0.1) is 16.8 Å². The van der Waals surface area contributed by atoms with Crippen LogP contribution < -0.4 is 9.62 Å². The average Bonchev–Trinajstić information content (AvgIpc) is 2.66. The second kappa shape index (κ2) is 7.77. The Morgan fingerprint density at radius 2 is 1.69 bits per heavy atom. The van der Waals surface area contributed by atoms with Gasteiger partial charge in [0, 0.05) is 31.9 Å². The number of hydrogen-bond donors (Lipinski definition) is 1. The van der Waals surface area contributed by atoms with Gasteiger partial charge in [-0.3, -0.25) is 9.10 Å². The van der Waals surface area contributed by atoms with Crippen LogP contribution in [-0.4, -0.2) is 53.9 Å². The van der Waals surface area contributed by atoms with Gasteiger partial charge in [0.25, 0.3) is 5.91 Å². The molecule has 3 rings (SSSR count). The van der Waals surface area contributed by atoms with Crippen molar-refractivity contribution in [2.24, 2.45) is 0 Å². The van der Waals surface area contributed by atoms with E-state index >= 15 is 0 Å². The summed E-state index contributed by atoms with van der Waals surface area (Å²) >= 11 is 0. The Morgan fingerprint density at radius 3 is 2.28 bits per heavy atom. The molecule has 2 aromatic rings. The first-order valence-corrected chi connectivity index (χ1v) is 12.2. The van der Waals surface area contributed by atoms with Gasteiger partial charge in [-0.25, -0.2) is 21.1 Å². The summed E-state index contributed by atoms with van der Waals surface area (Å²) in [5, 5.41) is 2.74. The molecule has 0 unspecified atom stereocenters. The molecule has 0 atom stereocenters. The van der Waals surface area contributed by atoms with Crippen LogP contribution in [0.3, 0.4) is 0 Å². The Balaban J connectivity index is 1.83. The molecule has 0 saturated heterocycles. The minimum atomic E-state index is -3.57. The standard InChI is InChI=1S/C19H23N3O5S2/c1-21(2)29(26,27)17-10-7-15(8-11-17)19(23)20-16-9-6-14-5-4-12-22(18(14)13-16)28(3,24)25/h6-11,13H,4-5,12H2,1-3H3,(H,20,23). The topological polar surface area (TPSA) is 104 Å². The van der Waals surface area contributed by atoms with Crippen LogP contribution >= 0.6 is 0 Å². The van der Waals surface area contributed by atoms with E-state index in [1.54, 1.807) is 12.1 Å². The summed E-state index contributed by atoms with van der Waals surface area (Å²) in [6.07, 6.45) is 2.68. The van der Waals surface area contributed by atoms with Gasteiger partial charge >= 0.3 is 0 Å². The molecule has 1 N–H and O–H groups in total. The number of aryl methyl sites for hydroxylation is 1. The van der Waals surface area contributed by atoms with E-state index in [-0.39, 0.29) is 4.90 Å². The number of sulfonamides is 2. The van der Waals surface area contributed by atoms with Gasteiger partial charge in [-0.15, -0.1) is 0 Å². The third-order valence-electron chi connectivity index (χ3n) is 4.71. The molecule has 1 amide bonds. The lowest BCUT2D eigenvalue weighted by molar-refractivity contribution is 0.102. The lowest BCUT2D eigenvalue weighted by Gasteiger charge is -2.29. The lowest BCUT2D eigenvalue weighted by atomic mass is 10.0. The van der Waals surface area contributed by atoms with E-state index in [0.29, 0.717) is 23.5 Å². The number of carbonyl (C=O) groups is 1. The van der Waals surface area contributed by atoms with Crippen LogP contribution in [0, 0.1) is 0 Å². The van der Waals surface area contributed by atoms with Gasteiger partial charge in [-0.1, -0.05) is 6.07 Å². The van der Waals surface area contributed by atoms with Gasteiger partial charge in [-0.05, 0) is 54.8 Å². The monoisotopic (exact) mass is 437 g/mol. The molecule has 156 valence electrons. The van der Waals surface area contributed by atoms with E-state index in [0.717, 1.165) is 29.0 Å². The lowest BCUT2D eigenvalue weighted by Crippen LogP contribution is -2.34. The Labute approximate surface area is 171 Å². The third kappa shape index (κ3) is 4.44. The van der Waals surface area contributed by atoms with Gasteiger partial charge in [-0.2, -0.15) is 0 Å². The van der Waals surface area contributed by atoms with Crippen LogP contribution in [-0.2, 0) is 26.5 Å². The SMILES string of the molecule is CN(C)S(=O)(=O)c1ccc(C(=O)Nc2ccc3c(c2)N(S(C)(=O)=O)CCC3)cc1. The molecule has 2 aromatic carbocycles. The van der Waals surface area contributed by atoms with Crippen molar-refractivity contribution in [3.05, 3.63) is 53.6 Å². The highest BCUT2D eigenvalue weighted by Gasteiger charge is 2.24. The van der Waals surface area contributed by atoms with Crippen molar-refractivity contribution in [1.29, 1.82) is 0 Å². The molecule has 0 fully saturated rings. The maximum Gasteiger partial charge on any atom is 0.255 e. The Morgan fingerprint density at radius 1 is 1.03 bits per heavy atom. The number of rotatable bonds is 5. The Kier molecular flexibility index (Phi) is 5.70. The molecule has 1 heterocycles. The molecule has 1 aliphatic heterocycles. The number of amides is 1. The highest BCUT2D eigenvalue weighted by Crippen LogP contribution is 2.31. The summed E-state index contributed by atoms with van der Waals surface area (Å²) in [7, 11) is -4.10. The molecule has 0 aromatic heterocycles. The highest BCUT2D eigenvalue weighted by molar-refractivity contribution is 7.92. The van der Waals surface area contributed by atoms with Crippen molar-refractivity contribution in [3.63, 3.8) is 0 Å². The molecule has 0 radical (unpaired) electrons. The van der Waals surface area contributed by atoms with Gasteiger partial charge in [0.15, 0.2) is 0 Å². The molecule has 1 aliphatic rings. The van der Waals surface area contributed by atoms with Gasteiger partial charge < -0.3 is 5.32 Å². The molecule has 8 nitrogen and oxygen atoms in total. The van der Waals surface area contributed by atoms with Crippen molar-refractivity contribution in [3.8, 4) is 0 Å². The number of benzene rings is 2. The van der Waals surface area contributed by atoms with Crippen molar-refractivity contribution < 1.29 is 21.6 Å².